The lowest BCUT2D eigenvalue weighted by Gasteiger charge is -2.13. The highest BCUT2D eigenvalue weighted by Gasteiger charge is 2.11. The summed E-state index contributed by atoms with van der Waals surface area (Å²) in [5.74, 6) is 0.625. The molecule has 1 heterocycles. The number of hydrogen-bond donors (Lipinski definition) is 1. The standard InChI is InChI=1S/C12H14BrFN4/c1-8(12-17-16-7-18(12)2)15-6-9-3-4-10(14)5-11(9)13/h3-5,7-8,15H,6H2,1-2H3. The summed E-state index contributed by atoms with van der Waals surface area (Å²) in [6.45, 7) is 2.65. The molecule has 4 nitrogen and oxygen atoms in total. The van der Waals surface area contributed by atoms with Crippen molar-refractivity contribution in [2.75, 3.05) is 0 Å². The van der Waals surface area contributed by atoms with E-state index >= 15 is 0 Å². The molecule has 1 atom stereocenters. The summed E-state index contributed by atoms with van der Waals surface area (Å²) in [6, 6.07) is 4.75. The molecule has 96 valence electrons. The average Bonchev–Trinajstić information content (AvgIpc) is 2.74. The minimum atomic E-state index is -0.244. The van der Waals surface area contributed by atoms with Crippen LogP contribution in [0.2, 0.25) is 0 Å². The first-order valence-corrected chi connectivity index (χ1v) is 6.38. The summed E-state index contributed by atoms with van der Waals surface area (Å²) >= 11 is 3.35. The molecule has 0 spiro atoms. The second-order valence-corrected chi connectivity index (χ2v) is 4.99. The summed E-state index contributed by atoms with van der Waals surface area (Å²) in [5.41, 5.74) is 1.01. The van der Waals surface area contributed by atoms with Crippen LogP contribution in [-0.4, -0.2) is 14.8 Å². The van der Waals surface area contributed by atoms with Crippen molar-refractivity contribution in [2.24, 2.45) is 7.05 Å². The predicted molar refractivity (Wildman–Crippen MR) is 70.4 cm³/mol. The molecule has 0 amide bonds. The summed E-state index contributed by atoms with van der Waals surface area (Å²) in [7, 11) is 1.90. The Kier molecular flexibility index (Phi) is 4.08. The summed E-state index contributed by atoms with van der Waals surface area (Å²) in [5, 5.41) is 11.2. The van der Waals surface area contributed by atoms with Crippen molar-refractivity contribution in [2.45, 2.75) is 19.5 Å². The van der Waals surface area contributed by atoms with Crippen molar-refractivity contribution in [3.8, 4) is 0 Å². The Morgan fingerprint density at radius 3 is 2.89 bits per heavy atom. The van der Waals surface area contributed by atoms with E-state index in [1.807, 2.05) is 18.5 Å². The van der Waals surface area contributed by atoms with E-state index in [1.165, 1.54) is 12.1 Å². The Hall–Kier alpha value is -1.27. The molecule has 1 N–H and O–H groups in total. The van der Waals surface area contributed by atoms with Crippen molar-refractivity contribution < 1.29 is 4.39 Å². The lowest BCUT2D eigenvalue weighted by molar-refractivity contribution is 0.527. The first kappa shape index (κ1) is 13.2. The van der Waals surface area contributed by atoms with E-state index in [1.54, 1.807) is 12.4 Å². The van der Waals surface area contributed by atoms with E-state index in [-0.39, 0.29) is 11.9 Å². The van der Waals surface area contributed by atoms with Crippen LogP contribution in [-0.2, 0) is 13.6 Å². The van der Waals surface area contributed by atoms with Gasteiger partial charge in [0.1, 0.15) is 18.0 Å². The molecular formula is C12H14BrFN4. The van der Waals surface area contributed by atoms with Gasteiger partial charge in [0.15, 0.2) is 0 Å². The zero-order valence-electron chi connectivity index (χ0n) is 10.2. The Morgan fingerprint density at radius 2 is 2.28 bits per heavy atom. The second kappa shape index (κ2) is 5.58. The number of benzene rings is 1. The molecule has 0 aliphatic heterocycles. The largest absolute Gasteiger partial charge is 0.319 e. The highest BCUT2D eigenvalue weighted by Crippen LogP contribution is 2.19. The molecule has 0 bridgehead atoms. The van der Waals surface area contributed by atoms with Crippen LogP contribution < -0.4 is 5.32 Å². The third kappa shape index (κ3) is 2.94. The van der Waals surface area contributed by atoms with E-state index < -0.39 is 0 Å². The smallest absolute Gasteiger partial charge is 0.149 e. The second-order valence-electron chi connectivity index (χ2n) is 4.14. The molecule has 0 saturated heterocycles. The summed E-state index contributed by atoms with van der Waals surface area (Å²) in [6.07, 6.45) is 1.67. The molecule has 0 fully saturated rings. The maximum Gasteiger partial charge on any atom is 0.149 e. The zero-order chi connectivity index (χ0) is 13.1. The number of aryl methyl sites for hydroxylation is 1. The maximum absolute atomic E-state index is 13.0. The van der Waals surface area contributed by atoms with Gasteiger partial charge in [0.25, 0.3) is 0 Å². The highest BCUT2D eigenvalue weighted by atomic mass is 79.9. The molecule has 0 aliphatic carbocycles. The highest BCUT2D eigenvalue weighted by molar-refractivity contribution is 9.10. The minimum Gasteiger partial charge on any atom is -0.319 e. The van der Waals surface area contributed by atoms with Crippen LogP contribution in [0, 0.1) is 5.82 Å². The third-order valence-corrected chi connectivity index (χ3v) is 3.49. The SMILES string of the molecule is CC(NCc1ccc(F)cc1Br)c1nncn1C. The number of rotatable bonds is 4. The van der Waals surface area contributed by atoms with Crippen LogP contribution in [0.25, 0.3) is 0 Å². The first-order chi connectivity index (χ1) is 8.58. The number of nitrogens with one attached hydrogen (secondary N) is 1. The van der Waals surface area contributed by atoms with Crippen LogP contribution in [0.3, 0.4) is 0 Å². The van der Waals surface area contributed by atoms with Gasteiger partial charge in [-0.15, -0.1) is 10.2 Å². The number of halogens is 2. The maximum atomic E-state index is 13.0. The van der Waals surface area contributed by atoms with Gasteiger partial charge in [-0.05, 0) is 24.6 Å². The monoisotopic (exact) mass is 312 g/mol. The van der Waals surface area contributed by atoms with Gasteiger partial charge >= 0.3 is 0 Å². The molecule has 0 radical (unpaired) electrons. The fraction of sp³-hybridized carbons (Fsp3) is 0.333. The van der Waals surface area contributed by atoms with Gasteiger partial charge in [0.2, 0.25) is 0 Å². The van der Waals surface area contributed by atoms with Gasteiger partial charge in [0, 0.05) is 18.1 Å². The molecular weight excluding hydrogens is 299 g/mol. The lowest BCUT2D eigenvalue weighted by atomic mass is 10.2. The van der Waals surface area contributed by atoms with Crippen LogP contribution in [0.4, 0.5) is 4.39 Å². The van der Waals surface area contributed by atoms with Crippen LogP contribution in [0.5, 0.6) is 0 Å². The number of aromatic nitrogens is 3. The van der Waals surface area contributed by atoms with Gasteiger partial charge in [0.05, 0.1) is 6.04 Å². The number of hydrogen-bond acceptors (Lipinski definition) is 3. The Morgan fingerprint density at radius 1 is 1.50 bits per heavy atom. The van der Waals surface area contributed by atoms with E-state index in [2.05, 4.69) is 31.4 Å². The van der Waals surface area contributed by atoms with Crippen molar-refractivity contribution in [3.63, 3.8) is 0 Å². The van der Waals surface area contributed by atoms with Crippen LogP contribution in [0.15, 0.2) is 29.0 Å². The third-order valence-electron chi connectivity index (χ3n) is 2.75. The molecule has 6 heteroatoms. The minimum absolute atomic E-state index is 0.0782. The van der Waals surface area contributed by atoms with Crippen LogP contribution >= 0.6 is 15.9 Å². The van der Waals surface area contributed by atoms with Gasteiger partial charge < -0.3 is 9.88 Å². The normalized spacial score (nSPS) is 12.7. The van der Waals surface area contributed by atoms with Gasteiger partial charge in [-0.2, -0.15) is 0 Å². The Balaban J connectivity index is 2.01. The molecule has 2 rings (SSSR count). The van der Waals surface area contributed by atoms with E-state index in [0.29, 0.717) is 6.54 Å². The molecule has 1 aromatic heterocycles. The molecule has 18 heavy (non-hydrogen) atoms. The number of nitrogens with zero attached hydrogens (tertiary/aromatic N) is 3. The molecule has 1 aromatic carbocycles. The average molecular weight is 313 g/mol. The fourth-order valence-corrected chi connectivity index (χ4v) is 2.19. The van der Waals surface area contributed by atoms with Crippen LogP contribution in [0.1, 0.15) is 24.4 Å². The van der Waals surface area contributed by atoms with E-state index in [0.717, 1.165) is 15.9 Å². The molecule has 0 aliphatic rings. The topological polar surface area (TPSA) is 42.7 Å². The van der Waals surface area contributed by atoms with E-state index in [4.69, 9.17) is 0 Å². The van der Waals surface area contributed by atoms with Crippen molar-refractivity contribution in [1.29, 1.82) is 0 Å². The van der Waals surface area contributed by atoms with Crippen molar-refractivity contribution in [1.82, 2.24) is 20.1 Å². The lowest BCUT2D eigenvalue weighted by Crippen LogP contribution is -2.21. The van der Waals surface area contributed by atoms with Gasteiger partial charge in [-0.1, -0.05) is 22.0 Å². The van der Waals surface area contributed by atoms with Gasteiger partial charge in [-0.3, -0.25) is 0 Å². The quantitative estimate of drug-likeness (QED) is 0.943. The van der Waals surface area contributed by atoms with E-state index in [9.17, 15) is 4.39 Å². The molecule has 2 aromatic rings. The molecule has 0 saturated carbocycles. The van der Waals surface area contributed by atoms with Crippen molar-refractivity contribution >= 4 is 15.9 Å². The summed E-state index contributed by atoms with van der Waals surface area (Å²) < 4.78 is 15.6. The fourth-order valence-electron chi connectivity index (χ4n) is 1.70. The zero-order valence-corrected chi connectivity index (χ0v) is 11.8. The Bertz CT molecular complexity index is 541. The van der Waals surface area contributed by atoms with Gasteiger partial charge in [-0.25, -0.2) is 4.39 Å². The molecule has 1 unspecified atom stereocenters. The predicted octanol–water partition coefficient (Wildman–Crippen LogP) is 2.57. The first-order valence-electron chi connectivity index (χ1n) is 5.59. The van der Waals surface area contributed by atoms with Crippen molar-refractivity contribution in [3.05, 3.63) is 46.2 Å². The Labute approximate surface area is 113 Å². The summed E-state index contributed by atoms with van der Waals surface area (Å²) in [4.78, 5) is 0.